The maximum Gasteiger partial charge on any atom is 0.0650 e. The second-order valence-corrected chi connectivity index (χ2v) is 4.14. The van der Waals surface area contributed by atoms with Crippen molar-refractivity contribution in [3.63, 3.8) is 0 Å². The summed E-state index contributed by atoms with van der Waals surface area (Å²) in [7, 11) is 0. The summed E-state index contributed by atoms with van der Waals surface area (Å²) in [6.07, 6.45) is 0. The van der Waals surface area contributed by atoms with E-state index in [2.05, 4.69) is 0 Å². The first-order chi connectivity index (χ1) is 5.06. The predicted octanol–water partition coefficient (Wildman–Crippen LogP) is 1.22. The summed E-state index contributed by atoms with van der Waals surface area (Å²) in [6, 6.07) is 2.01. The Bertz CT molecular complexity index is 242. The average molecular weight is 171 g/mol. The summed E-state index contributed by atoms with van der Waals surface area (Å²) in [5.41, 5.74) is 6.24. The van der Waals surface area contributed by atoms with Crippen LogP contribution in [-0.4, -0.2) is 11.7 Å². The highest BCUT2D eigenvalue weighted by Gasteiger charge is 2.20. The zero-order chi connectivity index (χ0) is 8.48. The first kappa shape index (κ1) is 8.71. The van der Waals surface area contributed by atoms with Crippen molar-refractivity contribution in [2.45, 2.75) is 19.4 Å². The van der Waals surface area contributed by atoms with Gasteiger partial charge in [0.15, 0.2) is 0 Å². The molecule has 0 fully saturated rings. The van der Waals surface area contributed by atoms with Crippen LogP contribution in [0.25, 0.3) is 0 Å². The number of aliphatic hydroxyl groups excluding tert-OH is 1. The van der Waals surface area contributed by atoms with Crippen molar-refractivity contribution >= 4 is 11.3 Å². The third kappa shape index (κ3) is 1.80. The van der Waals surface area contributed by atoms with Crippen LogP contribution in [0.2, 0.25) is 0 Å². The Kier molecular flexibility index (Phi) is 2.32. The highest BCUT2D eigenvalue weighted by atomic mass is 32.1. The quantitative estimate of drug-likeness (QED) is 0.703. The molecular formula is C8H13NOS. The Labute approximate surface area is 70.7 Å². The normalized spacial score (nSPS) is 16.4. The summed E-state index contributed by atoms with van der Waals surface area (Å²) in [6.45, 7) is 3.85. The lowest BCUT2D eigenvalue weighted by molar-refractivity contribution is 0.210. The van der Waals surface area contributed by atoms with E-state index in [-0.39, 0.29) is 6.61 Å². The molecule has 1 heterocycles. The molecule has 0 saturated heterocycles. The predicted molar refractivity (Wildman–Crippen MR) is 47.7 cm³/mol. The van der Waals surface area contributed by atoms with Crippen molar-refractivity contribution < 1.29 is 5.11 Å². The molecule has 0 radical (unpaired) electrons. The Hall–Kier alpha value is -0.380. The fraction of sp³-hybridized carbons (Fsp3) is 0.500. The molecule has 0 amide bonds. The number of hydrogen-bond donors (Lipinski definition) is 2. The minimum atomic E-state index is -0.579. The maximum absolute atomic E-state index is 8.94. The van der Waals surface area contributed by atoms with Gasteiger partial charge in [-0.2, -0.15) is 0 Å². The minimum absolute atomic E-state index is 0.0107. The fourth-order valence-electron chi connectivity index (χ4n) is 0.834. The Morgan fingerprint density at radius 3 is 2.73 bits per heavy atom. The van der Waals surface area contributed by atoms with Crippen LogP contribution in [0.3, 0.4) is 0 Å². The first-order valence-corrected chi connectivity index (χ1v) is 4.39. The molecule has 0 aromatic carbocycles. The second-order valence-electron chi connectivity index (χ2n) is 3.02. The lowest BCUT2D eigenvalue weighted by atomic mass is 9.97. The minimum Gasteiger partial charge on any atom is -0.394 e. The van der Waals surface area contributed by atoms with Crippen molar-refractivity contribution in [3.05, 3.63) is 21.9 Å². The molecule has 0 aliphatic heterocycles. The second kappa shape index (κ2) is 2.93. The number of thiophene rings is 1. The molecule has 0 bridgehead atoms. The smallest absolute Gasteiger partial charge is 0.0650 e. The van der Waals surface area contributed by atoms with Gasteiger partial charge in [-0.1, -0.05) is 0 Å². The average Bonchev–Trinajstić information content (AvgIpc) is 2.36. The molecular weight excluding hydrogens is 158 g/mol. The molecule has 0 aliphatic rings. The van der Waals surface area contributed by atoms with E-state index in [1.807, 2.05) is 25.3 Å². The van der Waals surface area contributed by atoms with E-state index in [9.17, 15) is 0 Å². The third-order valence-corrected chi connectivity index (χ3v) is 2.58. The van der Waals surface area contributed by atoms with Gasteiger partial charge in [-0.05, 0) is 30.9 Å². The van der Waals surface area contributed by atoms with Crippen molar-refractivity contribution in [2.75, 3.05) is 6.61 Å². The van der Waals surface area contributed by atoms with E-state index in [0.29, 0.717) is 0 Å². The van der Waals surface area contributed by atoms with Gasteiger partial charge in [-0.3, -0.25) is 0 Å². The van der Waals surface area contributed by atoms with Crippen molar-refractivity contribution in [3.8, 4) is 0 Å². The van der Waals surface area contributed by atoms with Gasteiger partial charge in [0.2, 0.25) is 0 Å². The van der Waals surface area contributed by atoms with E-state index in [1.54, 1.807) is 11.3 Å². The lowest BCUT2D eigenvalue weighted by Crippen LogP contribution is -2.36. The highest BCUT2D eigenvalue weighted by Crippen LogP contribution is 2.22. The number of aliphatic hydroxyl groups is 1. The molecule has 1 atom stereocenters. The molecule has 0 saturated carbocycles. The summed E-state index contributed by atoms with van der Waals surface area (Å²) >= 11 is 1.66. The zero-order valence-corrected chi connectivity index (χ0v) is 7.61. The van der Waals surface area contributed by atoms with Gasteiger partial charge >= 0.3 is 0 Å². The van der Waals surface area contributed by atoms with Crippen LogP contribution in [0.4, 0.5) is 0 Å². The monoisotopic (exact) mass is 171 g/mol. The van der Waals surface area contributed by atoms with Gasteiger partial charge in [0.1, 0.15) is 0 Å². The molecule has 62 valence electrons. The Balaban J connectivity index is 2.92. The number of hydrogen-bond acceptors (Lipinski definition) is 3. The van der Waals surface area contributed by atoms with Gasteiger partial charge in [0, 0.05) is 4.88 Å². The highest BCUT2D eigenvalue weighted by molar-refractivity contribution is 7.10. The van der Waals surface area contributed by atoms with E-state index >= 15 is 0 Å². The van der Waals surface area contributed by atoms with E-state index in [0.717, 1.165) is 5.56 Å². The SMILES string of the molecule is Cc1cc(C(C)(N)CO)cs1. The van der Waals surface area contributed by atoms with Crippen molar-refractivity contribution in [2.24, 2.45) is 5.73 Å². The Morgan fingerprint density at radius 1 is 1.73 bits per heavy atom. The number of rotatable bonds is 2. The molecule has 1 aromatic heterocycles. The summed E-state index contributed by atoms with van der Waals surface area (Å²) in [4.78, 5) is 1.23. The first-order valence-electron chi connectivity index (χ1n) is 3.51. The van der Waals surface area contributed by atoms with Crippen molar-refractivity contribution in [1.82, 2.24) is 0 Å². The topological polar surface area (TPSA) is 46.2 Å². The molecule has 11 heavy (non-hydrogen) atoms. The van der Waals surface area contributed by atoms with Crippen LogP contribution in [0.1, 0.15) is 17.4 Å². The zero-order valence-electron chi connectivity index (χ0n) is 6.79. The Morgan fingerprint density at radius 2 is 2.36 bits per heavy atom. The molecule has 1 aromatic rings. The van der Waals surface area contributed by atoms with E-state index in [1.165, 1.54) is 4.88 Å². The number of nitrogens with two attached hydrogens (primary N) is 1. The fourth-order valence-corrected chi connectivity index (χ4v) is 1.68. The van der Waals surface area contributed by atoms with E-state index < -0.39 is 5.54 Å². The van der Waals surface area contributed by atoms with Crippen LogP contribution < -0.4 is 5.73 Å². The molecule has 0 spiro atoms. The summed E-state index contributed by atoms with van der Waals surface area (Å²) in [5, 5.41) is 10.9. The van der Waals surface area contributed by atoms with Crippen LogP contribution in [-0.2, 0) is 5.54 Å². The number of aryl methyl sites for hydroxylation is 1. The van der Waals surface area contributed by atoms with Gasteiger partial charge in [0.25, 0.3) is 0 Å². The van der Waals surface area contributed by atoms with Crippen LogP contribution in [0.15, 0.2) is 11.4 Å². The molecule has 1 rings (SSSR count). The molecule has 3 heteroatoms. The van der Waals surface area contributed by atoms with Crippen LogP contribution >= 0.6 is 11.3 Å². The van der Waals surface area contributed by atoms with Gasteiger partial charge < -0.3 is 10.8 Å². The van der Waals surface area contributed by atoms with Gasteiger partial charge in [-0.15, -0.1) is 11.3 Å². The summed E-state index contributed by atoms with van der Waals surface area (Å²) < 4.78 is 0. The lowest BCUT2D eigenvalue weighted by Gasteiger charge is -2.19. The van der Waals surface area contributed by atoms with Crippen molar-refractivity contribution in [1.29, 1.82) is 0 Å². The van der Waals surface area contributed by atoms with Gasteiger partial charge in [0.05, 0.1) is 12.1 Å². The van der Waals surface area contributed by atoms with Crippen LogP contribution in [0.5, 0.6) is 0 Å². The van der Waals surface area contributed by atoms with E-state index in [4.69, 9.17) is 10.8 Å². The molecule has 1 unspecified atom stereocenters. The van der Waals surface area contributed by atoms with Gasteiger partial charge in [-0.25, -0.2) is 0 Å². The molecule has 2 nitrogen and oxygen atoms in total. The largest absolute Gasteiger partial charge is 0.394 e. The maximum atomic E-state index is 8.94. The summed E-state index contributed by atoms with van der Waals surface area (Å²) in [5.74, 6) is 0. The standard InChI is InChI=1S/C8H13NOS/c1-6-3-7(4-11-6)8(2,9)5-10/h3-4,10H,5,9H2,1-2H3. The third-order valence-electron chi connectivity index (χ3n) is 1.72. The molecule has 3 N–H and O–H groups in total. The molecule has 0 aliphatic carbocycles. The van der Waals surface area contributed by atoms with Crippen LogP contribution in [0, 0.1) is 6.92 Å².